The number of fused-ring (bicyclic) bond motifs is 1. The molecule has 140 valence electrons. The lowest BCUT2D eigenvalue weighted by Gasteiger charge is -2.39. The maximum atomic E-state index is 12.6. The molecule has 1 heterocycles. The van der Waals surface area contributed by atoms with Gasteiger partial charge in [-0.3, -0.25) is 14.9 Å². The van der Waals surface area contributed by atoms with E-state index in [4.69, 9.17) is 9.15 Å². The van der Waals surface area contributed by atoms with Crippen molar-refractivity contribution in [3.63, 3.8) is 0 Å². The van der Waals surface area contributed by atoms with Gasteiger partial charge in [-0.25, -0.2) is 4.79 Å². The third-order valence-corrected chi connectivity index (χ3v) is 4.76. The SMILES string of the molecule is COc1cc([N+](=O)[O-])cc2cc(C(=O)NC(C)(C)C(C)(C)C)c(=O)oc12. The summed E-state index contributed by atoms with van der Waals surface area (Å²) < 4.78 is 10.3. The van der Waals surface area contributed by atoms with Crippen molar-refractivity contribution < 1.29 is 18.9 Å². The Balaban J connectivity index is 2.59. The minimum atomic E-state index is -0.841. The van der Waals surface area contributed by atoms with Gasteiger partial charge >= 0.3 is 5.63 Å². The highest BCUT2D eigenvalue weighted by molar-refractivity contribution is 5.98. The van der Waals surface area contributed by atoms with Gasteiger partial charge in [-0.05, 0) is 25.3 Å². The van der Waals surface area contributed by atoms with Crippen LogP contribution < -0.4 is 15.7 Å². The summed E-state index contributed by atoms with van der Waals surface area (Å²) in [6.07, 6.45) is 0. The molecular formula is C18H22N2O6. The molecule has 0 spiro atoms. The van der Waals surface area contributed by atoms with Crippen LogP contribution in [0.4, 0.5) is 5.69 Å². The first-order valence-corrected chi connectivity index (χ1v) is 8.00. The molecule has 0 saturated carbocycles. The third-order valence-electron chi connectivity index (χ3n) is 4.76. The van der Waals surface area contributed by atoms with Crippen LogP contribution in [-0.2, 0) is 0 Å². The number of nitro groups is 1. The van der Waals surface area contributed by atoms with Crippen LogP contribution in [0.2, 0.25) is 0 Å². The Morgan fingerprint density at radius 1 is 1.19 bits per heavy atom. The number of amides is 1. The summed E-state index contributed by atoms with van der Waals surface area (Å²) in [5.74, 6) is -0.556. The fourth-order valence-electron chi connectivity index (χ4n) is 2.14. The average Bonchev–Trinajstić information content (AvgIpc) is 2.51. The molecule has 0 atom stereocenters. The zero-order valence-electron chi connectivity index (χ0n) is 15.6. The summed E-state index contributed by atoms with van der Waals surface area (Å²) in [5.41, 5.74) is -2.11. The summed E-state index contributed by atoms with van der Waals surface area (Å²) in [6.45, 7) is 9.59. The molecule has 2 rings (SSSR count). The van der Waals surface area contributed by atoms with Gasteiger partial charge < -0.3 is 14.5 Å². The van der Waals surface area contributed by atoms with Gasteiger partial charge in [-0.1, -0.05) is 20.8 Å². The van der Waals surface area contributed by atoms with Gasteiger partial charge in [0.05, 0.1) is 18.1 Å². The van der Waals surface area contributed by atoms with Crippen molar-refractivity contribution in [2.45, 2.75) is 40.2 Å². The highest BCUT2D eigenvalue weighted by atomic mass is 16.6. The van der Waals surface area contributed by atoms with Crippen LogP contribution in [0.25, 0.3) is 11.0 Å². The van der Waals surface area contributed by atoms with E-state index in [1.165, 1.54) is 19.2 Å². The van der Waals surface area contributed by atoms with Crippen LogP contribution in [0.3, 0.4) is 0 Å². The predicted molar refractivity (Wildman–Crippen MR) is 96.7 cm³/mol. The van der Waals surface area contributed by atoms with Crippen molar-refractivity contribution in [3.8, 4) is 5.75 Å². The smallest absolute Gasteiger partial charge is 0.349 e. The molecule has 0 aliphatic carbocycles. The zero-order valence-corrected chi connectivity index (χ0v) is 15.6. The number of methoxy groups -OCH3 is 1. The number of nitrogens with one attached hydrogen (secondary N) is 1. The summed E-state index contributed by atoms with van der Waals surface area (Å²) >= 11 is 0. The lowest BCUT2D eigenvalue weighted by molar-refractivity contribution is -0.384. The van der Waals surface area contributed by atoms with Crippen LogP contribution in [-0.4, -0.2) is 23.5 Å². The first-order chi connectivity index (χ1) is 11.9. The number of nitrogens with zero attached hydrogens (tertiary/aromatic N) is 1. The second kappa shape index (κ2) is 6.44. The highest BCUT2D eigenvalue weighted by Gasteiger charge is 2.35. The van der Waals surface area contributed by atoms with E-state index in [-0.39, 0.29) is 33.4 Å². The Morgan fingerprint density at radius 2 is 1.81 bits per heavy atom. The molecule has 1 N–H and O–H groups in total. The number of hydrogen-bond acceptors (Lipinski definition) is 6. The lowest BCUT2D eigenvalue weighted by Crippen LogP contribution is -2.53. The van der Waals surface area contributed by atoms with Gasteiger partial charge in [0.25, 0.3) is 11.6 Å². The van der Waals surface area contributed by atoms with Crippen molar-refractivity contribution in [2.24, 2.45) is 5.41 Å². The van der Waals surface area contributed by atoms with Gasteiger partial charge in [0.1, 0.15) is 5.56 Å². The Hall–Kier alpha value is -2.90. The number of carbonyl (C=O) groups is 1. The molecule has 0 bridgehead atoms. The Kier molecular flexibility index (Phi) is 4.81. The number of rotatable bonds is 4. The van der Waals surface area contributed by atoms with E-state index in [1.54, 1.807) is 0 Å². The van der Waals surface area contributed by atoms with E-state index in [2.05, 4.69) is 5.32 Å². The molecule has 0 radical (unpaired) electrons. The number of ether oxygens (including phenoxy) is 1. The predicted octanol–water partition coefficient (Wildman–Crippen LogP) is 3.26. The van der Waals surface area contributed by atoms with E-state index in [9.17, 15) is 19.7 Å². The second-order valence-electron chi connectivity index (χ2n) is 7.60. The molecule has 0 saturated heterocycles. The molecule has 0 fully saturated rings. The standard InChI is InChI=1S/C18H22N2O6/c1-17(2,3)18(4,5)19-15(21)12-8-10-7-11(20(23)24)9-13(25-6)14(10)26-16(12)22/h7-9H,1-6H3,(H,19,21). The van der Waals surface area contributed by atoms with E-state index in [0.29, 0.717) is 0 Å². The summed E-state index contributed by atoms with van der Waals surface area (Å²) in [5, 5.41) is 14.1. The monoisotopic (exact) mass is 362 g/mol. The molecule has 26 heavy (non-hydrogen) atoms. The first-order valence-electron chi connectivity index (χ1n) is 8.00. The van der Waals surface area contributed by atoms with Gasteiger partial charge in [0.2, 0.25) is 0 Å². The normalized spacial score (nSPS) is 12.1. The molecule has 1 aromatic heterocycles. The minimum absolute atomic E-state index is 0.0493. The van der Waals surface area contributed by atoms with Gasteiger partial charge in [-0.2, -0.15) is 0 Å². The molecule has 0 aliphatic rings. The van der Waals surface area contributed by atoms with Gasteiger partial charge in [0, 0.05) is 17.0 Å². The number of nitro benzene ring substituents is 1. The third kappa shape index (κ3) is 3.54. The molecule has 8 nitrogen and oxygen atoms in total. The number of carbonyl (C=O) groups excluding carboxylic acids is 1. The first kappa shape index (κ1) is 19.4. The van der Waals surface area contributed by atoms with Gasteiger partial charge in [0.15, 0.2) is 11.3 Å². The van der Waals surface area contributed by atoms with Crippen LogP contribution >= 0.6 is 0 Å². The Morgan fingerprint density at radius 3 is 2.31 bits per heavy atom. The number of benzene rings is 1. The molecule has 0 unspecified atom stereocenters. The maximum absolute atomic E-state index is 12.6. The fraction of sp³-hybridized carbons (Fsp3) is 0.444. The van der Waals surface area contributed by atoms with Crippen molar-refractivity contribution in [3.05, 3.63) is 44.3 Å². The van der Waals surface area contributed by atoms with Crippen molar-refractivity contribution in [1.29, 1.82) is 0 Å². The summed E-state index contributed by atoms with van der Waals surface area (Å²) in [4.78, 5) is 35.4. The minimum Gasteiger partial charge on any atom is -0.493 e. The summed E-state index contributed by atoms with van der Waals surface area (Å²) in [6, 6.07) is 3.67. The van der Waals surface area contributed by atoms with Crippen LogP contribution in [0.15, 0.2) is 27.4 Å². The lowest BCUT2D eigenvalue weighted by atomic mass is 9.76. The average molecular weight is 362 g/mol. The van der Waals surface area contributed by atoms with Gasteiger partial charge in [-0.15, -0.1) is 0 Å². The number of hydrogen-bond donors (Lipinski definition) is 1. The molecule has 8 heteroatoms. The molecule has 0 aliphatic heterocycles. The van der Waals surface area contributed by atoms with Crippen LogP contribution in [0, 0.1) is 15.5 Å². The maximum Gasteiger partial charge on any atom is 0.349 e. The van der Waals surface area contributed by atoms with E-state index >= 15 is 0 Å². The quantitative estimate of drug-likeness (QED) is 0.507. The molecular weight excluding hydrogens is 340 g/mol. The topological polar surface area (TPSA) is 112 Å². The van der Waals surface area contributed by atoms with E-state index in [0.717, 1.165) is 6.07 Å². The van der Waals surface area contributed by atoms with E-state index in [1.807, 2.05) is 34.6 Å². The molecule has 1 amide bonds. The molecule has 1 aromatic carbocycles. The van der Waals surface area contributed by atoms with Crippen molar-refractivity contribution in [1.82, 2.24) is 5.32 Å². The number of non-ortho nitro benzene ring substituents is 1. The van der Waals surface area contributed by atoms with Crippen molar-refractivity contribution in [2.75, 3.05) is 7.11 Å². The van der Waals surface area contributed by atoms with Crippen LogP contribution in [0.1, 0.15) is 45.0 Å². The Bertz CT molecular complexity index is 937. The highest BCUT2D eigenvalue weighted by Crippen LogP contribution is 2.32. The fourth-order valence-corrected chi connectivity index (χ4v) is 2.14. The second-order valence-corrected chi connectivity index (χ2v) is 7.60. The zero-order chi connectivity index (χ0) is 19.9. The largest absolute Gasteiger partial charge is 0.493 e. The van der Waals surface area contributed by atoms with Crippen molar-refractivity contribution >= 4 is 22.6 Å². The Labute approximate surface area is 150 Å². The summed E-state index contributed by atoms with van der Waals surface area (Å²) in [7, 11) is 1.31. The molecule has 2 aromatic rings. The van der Waals surface area contributed by atoms with E-state index < -0.39 is 22.0 Å². The van der Waals surface area contributed by atoms with Crippen LogP contribution in [0.5, 0.6) is 5.75 Å².